The number of hydrogen-bond donors (Lipinski definition) is 2. The van der Waals surface area contributed by atoms with Gasteiger partial charge in [-0.1, -0.05) is 63.2 Å². The molecule has 29 heavy (non-hydrogen) atoms. The van der Waals surface area contributed by atoms with Gasteiger partial charge in [-0.15, -0.1) is 0 Å². The predicted octanol–water partition coefficient (Wildman–Crippen LogP) is 3.90. The molecule has 0 spiro atoms. The summed E-state index contributed by atoms with van der Waals surface area (Å²) in [6, 6.07) is 14.6. The van der Waals surface area contributed by atoms with E-state index in [-0.39, 0.29) is 12.2 Å². The first-order valence-corrected chi connectivity index (χ1v) is 9.71. The van der Waals surface area contributed by atoms with Crippen molar-refractivity contribution in [3.63, 3.8) is 0 Å². The van der Waals surface area contributed by atoms with E-state index < -0.39 is 17.8 Å². The number of rotatable bonds is 6. The molecule has 1 aliphatic heterocycles. The van der Waals surface area contributed by atoms with Crippen molar-refractivity contribution in [2.24, 2.45) is 0 Å². The Kier molecular flexibility index (Phi) is 6.12. The Morgan fingerprint density at radius 2 is 1.79 bits per heavy atom. The molecule has 0 aromatic heterocycles. The van der Waals surface area contributed by atoms with E-state index in [1.807, 2.05) is 49.4 Å². The van der Waals surface area contributed by atoms with E-state index in [1.165, 1.54) is 5.56 Å². The lowest BCUT2D eigenvalue weighted by Crippen LogP contribution is -2.38. The minimum absolute atomic E-state index is 0.161. The molecule has 150 valence electrons. The van der Waals surface area contributed by atoms with Crippen molar-refractivity contribution in [3.05, 3.63) is 70.9 Å². The Hall–Kier alpha value is -3.41. The number of aryl methyl sites for hydroxylation is 1. The molecular formula is C23H25N3O3. The number of para-hydroxylation sites is 1. The smallest absolute Gasteiger partial charge is 0.324 e. The number of carbonyl (C=O) groups excluding carboxylic acids is 3. The molecule has 0 radical (unpaired) electrons. The number of amides is 4. The first kappa shape index (κ1) is 20.3. The number of benzene rings is 2. The summed E-state index contributed by atoms with van der Waals surface area (Å²) in [6.45, 7) is 5.87. The van der Waals surface area contributed by atoms with Crippen LogP contribution in [0.3, 0.4) is 0 Å². The van der Waals surface area contributed by atoms with Gasteiger partial charge < -0.3 is 10.6 Å². The zero-order valence-electron chi connectivity index (χ0n) is 16.9. The van der Waals surface area contributed by atoms with Gasteiger partial charge in [-0.3, -0.25) is 9.59 Å². The van der Waals surface area contributed by atoms with Crippen LogP contribution >= 0.6 is 0 Å². The number of nitrogens with zero attached hydrogens (tertiary/aromatic N) is 1. The lowest BCUT2D eigenvalue weighted by molar-refractivity contribution is -0.127. The molecule has 1 fully saturated rings. The molecule has 0 saturated carbocycles. The highest BCUT2D eigenvalue weighted by Crippen LogP contribution is 2.19. The van der Waals surface area contributed by atoms with Crippen LogP contribution in [-0.2, 0) is 16.0 Å². The number of urea groups is 1. The van der Waals surface area contributed by atoms with Crippen LogP contribution in [0.25, 0.3) is 6.08 Å². The summed E-state index contributed by atoms with van der Waals surface area (Å²) in [4.78, 5) is 38.1. The van der Waals surface area contributed by atoms with Crippen LogP contribution in [-0.4, -0.2) is 29.3 Å². The quantitative estimate of drug-likeness (QED) is 0.579. The number of imide groups is 1. The van der Waals surface area contributed by atoms with E-state index in [9.17, 15) is 14.4 Å². The molecule has 1 heterocycles. The highest BCUT2D eigenvalue weighted by atomic mass is 16.2. The van der Waals surface area contributed by atoms with Gasteiger partial charge in [0.15, 0.2) is 0 Å². The molecule has 0 bridgehead atoms. The maximum Gasteiger partial charge on any atom is 0.329 e. The highest BCUT2D eigenvalue weighted by Gasteiger charge is 2.34. The Morgan fingerprint density at radius 3 is 2.45 bits per heavy atom. The minimum atomic E-state index is -0.598. The molecule has 0 aliphatic carbocycles. The molecule has 1 aliphatic rings. The van der Waals surface area contributed by atoms with E-state index in [0.29, 0.717) is 11.6 Å². The average molecular weight is 391 g/mol. The molecule has 0 unspecified atom stereocenters. The van der Waals surface area contributed by atoms with Crippen LogP contribution in [0.15, 0.2) is 54.2 Å². The topological polar surface area (TPSA) is 78.5 Å². The van der Waals surface area contributed by atoms with E-state index in [1.54, 1.807) is 12.1 Å². The summed E-state index contributed by atoms with van der Waals surface area (Å²) < 4.78 is 0. The van der Waals surface area contributed by atoms with Crippen molar-refractivity contribution in [2.75, 3.05) is 11.9 Å². The minimum Gasteiger partial charge on any atom is -0.324 e. The fourth-order valence-corrected chi connectivity index (χ4v) is 3.14. The average Bonchev–Trinajstić information content (AvgIpc) is 2.96. The van der Waals surface area contributed by atoms with Gasteiger partial charge in [0.05, 0.1) is 0 Å². The van der Waals surface area contributed by atoms with Crippen LogP contribution in [0.4, 0.5) is 10.5 Å². The summed E-state index contributed by atoms with van der Waals surface area (Å²) in [6.07, 6.45) is 2.39. The second kappa shape index (κ2) is 8.73. The van der Waals surface area contributed by atoms with Crippen molar-refractivity contribution in [2.45, 2.75) is 33.1 Å². The maximum atomic E-state index is 12.6. The van der Waals surface area contributed by atoms with Gasteiger partial charge in [0.2, 0.25) is 5.91 Å². The molecular weight excluding hydrogens is 366 g/mol. The first-order valence-electron chi connectivity index (χ1n) is 9.71. The fourth-order valence-electron chi connectivity index (χ4n) is 3.14. The lowest BCUT2D eigenvalue weighted by atomic mass is 10.0. The molecule has 6 nitrogen and oxygen atoms in total. The number of carbonyl (C=O) groups is 3. The molecule has 2 aromatic rings. The Bertz CT molecular complexity index is 962. The normalized spacial score (nSPS) is 15.2. The third kappa shape index (κ3) is 4.71. The fraction of sp³-hybridized carbons (Fsp3) is 0.261. The Morgan fingerprint density at radius 1 is 1.10 bits per heavy atom. The summed E-state index contributed by atoms with van der Waals surface area (Å²) >= 11 is 0. The van der Waals surface area contributed by atoms with Crippen molar-refractivity contribution in [1.82, 2.24) is 10.2 Å². The molecule has 1 saturated heterocycles. The van der Waals surface area contributed by atoms with Crippen molar-refractivity contribution in [1.29, 1.82) is 0 Å². The zero-order valence-corrected chi connectivity index (χ0v) is 16.9. The van der Waals surface area contributed by atoms with Gasteiger partial charge in [0.1, 0.15) is 12.2 Å². The van der Waals surface area contributed by atoms with E-state index >= 15 is 0 Å². The summed E-state index contributed by atoms with van der Waals surface area (Å²) in [7, 11) is 0. The van der Waals surface area contributed by atoms with E-state index in [0.717, 1.165) is 22.4 Å². The van der Waals surface area contributed by atoms with Crippen LogP contribution in [0.5, 0.6) is 0 Å². The van der Waals surface area contributed by atoms with Gasteiger partial charge in [0, 0.05) is 5.69 Å². The van der Waals surface area contributed by atoms with Crippen molar-refractivity contribution in [3.8, 4) is 0 Å². The van der Waals surface area contributed by atoms with Gasteiger partial charge in [0.25, 0.3) is 5.91 Å². The maximum absolute atomic E-state index is 12.6. The van der Waals surface area contributed by atoms with Gasteiger partial charge >= 0.3 is 6.03 Å². The van der Waals surface area contributed by atoms with Gasteiger partial charge in [-0.05, 0) is 41.2 Å². The van der Waals surface area contributed by atoms with Crippen LogP contribution < -0.4 is 10.6 Å². The molecule has 2 aromatic carbocycles. The highest BCUT2D eigenvalue weighted by molar-refractivity contribution is 6.15. The van der Waals surface area contributed by atoms with Crippen LogP contribution in [0.2, 0.25) is 0 Å². The zero-order chi connectivity index (χ0) is 21.0. The molecule has 4 amide bonds. The molecule has 2 N–H and O–H groups in total. The standard InChI is InChI=1S/C23H25N3O3/c1-4-17-7-5-6-8-19(17)24-21(27)14-26-22(28)20(25-23(26)29)13-16-9-11-18(12-10-16)15(2)3/h5-13,15H,4,14H2,1-3H3,(H,24,27)(H,25,29)/b20-13+. The molecule has 3 rings (SSSR count). The van der Waals surface area contributed by atoms with E-state index in [2.05, 4.69) is 24.5 Å². The summed E-state index contributed by atoms with van der Waals surface area (Å²) in [5.74, 6) is -0.518. The second-order valence-corrected chi connectivity index (χ2v) is 7.26. The predicted molar refractivity (Wildman–Crippen MR) is 113 cm³/mol. The largest absolute Gasteiger partial charge is 0.329 e. The number of anilines is 1. The lowest BCUT2D eigenvalue weighted by Gasteiger charge is -2.13. The summed E-state index contributed by atoms with van der Waals surface area (Å²) in [5.41, 5.74) is 3.84. The molecule has 0 atom stereocenters. The Balaban J connectivity index is 1.69. The molecule has 6 heteroatoms. The van der Waals surface area contributed by atoms with Gasteiger partial charge in [-0.2, -0.15) is 0 Å². The van der Waals surface area contributed by atoms with Crippen LogP contribution in [0, 0.1) is 0 Å². The monoisotopic (exact) mass is 391 g/mol. The summed E-state index contributed by atoms with van der Waals surface area (Å²) in [5, 5.41) is 5.33. The third-order valence-electron chi connectivity index (χ3n) is 4.85. The number of nitrogens with one attached hydrogen (secondary N) is 2. The van der Waals surface area contributed by atoms with Gasteiger partial charge in [-0.25, -0.2) is 9.69 Å². The second-order valence-electron chi connectivity index (χ2n) is 7.26. The first-order chi connectivity index (χ1) is 13.9. The Labute approximate surface area is 170 Å². The van der Waals surface area contributed by atoms with Crippen LogP contribution in [0.1, 0.15) is 43.4 Å². The number of hydrogen-bond acceptors (Lipinski definition) is 3. The van der Waals surface area contributed by atoms with E-state index in [4.69, 9.17) is 0 Å². The third-order valence-corrected chi connectivity index (χ3v) is 4.85. The SMILES string of the molecule is CCc1ccccc1NC(=O)CN1C(=O)N/C(=C/c2ccc(C(C)C)cc2)C1=O. The van der Waals surface area contributed by atoms with Crippen molar-refractivity contribution >= 4 is 29.6 Å². The van der Waals surface area contributed by atoms with Crippen molar-refractivity contribution < 1.29 is 14.4 Å².